The van der Waals surface area contributed by atoms with Crippen molar-refractivity contribution in [1.82, 2.24) is 19.8 Å². The van der Waals surface area contributed by atoms with Crippen molar-refractivity contribution in [3.63, 3.8) is 0 Å². The average molecular weight is 399 g/mol. The second-order valence-corrected chi connectivity index (χ2v) is 9.68. The first-order valence-electron chi connectivity index (χ1n) is 11.8. The number of hydrogen-bond acceptors (Lipinski definition) is 4. The molecule has 1 amide bonds. The van der Waals surface area contributed by atoms with Crippen molar-refractivity contribution in [1.29, 1.82) is 0 Å². The summed E-state index contributed by atoms with van der Waals surface area (Å²) in [4.78, 5) is 38.2. The highest BCUT2D eigenvalue weighted by Crippen LogP contribution is 2.36. The number of carbonyl (C=O) groups is 1. The third kappa shape index (κ3) is 3.88. The zero-order valence-electron chi connectivity index (χ0n) is 17.5. The smallest absolute Gasteiger partial charge is 0.255 e. The lowest BCUT2D eigenvalue weighted by Gasteiger charge is -2.34. The molecule has 2 aliphatic carbocycles. The van der Waals surface area contributed by atoms with Gasteiger partial charge in [0, 0.05) is 38.5 Å². The fourth-order valence-corrected chi connectivity index (χ4v) is 5.75. The molecule has 0 spiro atoms. The Labute approximate surface area is 173 Å². The zero-order chi connectivity index (χ0) is 19.8. The molecule has 1 atom stereocenters. The second-order valence-electron chi connectivity index (χ2n) is 9.68. The molecule has 1 saturated heterocycles. The van der Waals surface area contributed by atoms with Gasteiger partial charge in [-0.15, -0.1) is 0 Å². The molecule has 6 nitrogen and oxygen atoms in total. The quantitative estimate of drug-likeness (QED) is 0.846. The van der Waals surface area contributed by atoms with Crippen LogP contribution < -0.4 is 5.56 Å². The Morgan fingerprint density at radius 1 is 1.00 bits per heavy atom. The third-order valence-corrected chi connectivity index (χ3v) is 7.71. The monoisotopic (exact) mass is 398 g/mol. The van der Waals surface area contributed by atoms with Crippen LogP contribution in [0.5, 0.6) is 0 Å². The van der Waals surface area contributed by atoms with Gasteiger partial charge in [-0.3, -0.25) is 14.5 Å². The van der Waals surface area contributed by atoms with Crippen molar-refractivity contribution in [3.05, 3.63) is 27.4 Å². The van der Waals surface area contributed by atoms with E-state index in [0.717, 1.165) is 81.3 Å². The summed E-state index contributed by atoms with van der Waals surface area (Å²) in [5.41, 5.74) is 1.83. The first-order valence-corrected chi connectivity index (χ1v) is 11.8. The Kier molecular flexibility index (Phi) is 5.46. The van der Waals surface area contributed by atoms with E-state index in [1.807, 2.05) is 4.90 Å². The fourth-order valence-electron chi connectivity index (χ4n) is 5.75. The largest absolute Gasteiger partial charge is 0.332 e. The van der Waals surface area contributed by atoms with Crippen LogP contribution in [0.2, 0.25) is 0 Å². The molecule has 29 heavy (non-hydrogen) atoms. The number of aromatic nitrogens is 2. The molecule has 0 unspecified atom stereocenters. The van der Waals surface area contributed by atoms with Crippen LogP contribution in [-0.2, 0) is 17.8 Å². The maximum atomic E-state index is 12.9. The summed E-state index contributed by atoms with van der Waals surface area (Å²) in [7, 11) is 0. The van der Waals surface area contributed by atoms with Crippen molar-refractivity contribution < 1.29 is 4.79 Å². The lowest BCUT2D eigenvalue weighted by Crippen LogP contribution is -2.41. The van der Waals surface area contributed by atoms with Crippen LogP contribution in [0.4, 0.5) is 0 Å². The van der Waals surface area contributed by atoms with Gasteiger partial charge >= 0.3 is 0 Å². The van der Waals surface area contributed by atoms with Crippen molar-refractivity contribution in [2.24, 2.45) is 11.8 Å². The minimum atomic E-state index is -0.0404. The molecule has 1 aromatic heterocycles. The molecular formula is C23H34N4O2. The number of carbonyl (C=O) groups excluding carboxylic acids is 1. The van der Waals surface area contributed by atoms with E-state index in [2.05, 4.69) is 9.88 Å². The van der Waals surface area contributed by atoms with Gasteiger partial charge in [-0.1, -0.05) is 25.7 Å². The van der Waals surface area contributed by atoms with Gasteiger partial charge in [-0.25, -0.2) is 4.98 Å². The minimum Gasteiger partial charge on any atom is -0.332 e. The molecule has 3 heterocycles. The number of H-pyrrole nitrogens is 1. The molecular weight excluding hydrogens is 364 g/mol. The van der Waals surface area contributed by atoms with Crippen molar-refractivity contribution in [2.45, 2.75) is 83.2 Å². The van der Waals surface area contributed by atoms with Gasteiger partial charge in [0.25, 0.3) is 5.56 Å². The Bertz CT molecular complexity index is 810. The Balaban J connectivity index is 1.31. The van der Waals surface area contributed by atoms with Crippen LogP contribution in [0.3, 0.4) is 0 Å². The minimum absolute atomic E-state index is 0.0151. The third-order valence-electron chi connectivity index (χ3n) is 7.71. The molecule has 2 aliphatic heterocycles. The maximum Gasteiger partial charge on any atom is 0.255 e. The second kappa shape index (κ2) is 8.21. The number of fused-ring (bicyclic) bond motifs is 1. The molecule has 1 aromatic rings. The van der Waals surface area contributed by atoms with Crippen LogP contribution in [0.1, 0.15) is 87.3 Å². The number of aromatic amines is 1. The maximum absolute atomic E-state index is 12.9. The molecule has 0 bridgehead atoms. The summed E-state index contributed by atoms with van der Waals surface area (Å²) in [5.74, 6) is 1.99. The molecule has 158 valence electrons. The summed E-state index contributed by atoms with van der Waals surface area (Å²) in [6.45, 7) is 3.64. The molecule has 1 N–H and O–H groups in total. The van der Waals surface area contributed by atoms with Gasteiger partial charge in [0.05, 0.1) is 17.3 Å². The summed E-state index contributed by atoms with van der Waals surface area (Å²) in [5, 5.41) is 0. The van der Waals surface area contributed by atoms with Gasteiger partial charge in [-0.2, -0.15) is 0 Å². The Morgan fingerprint density at radius 2 is 1.83 bits per heavy atom. The number of rotatable bonds is 4. The number of nitrogens with one attached hydrogen (secondary N) is 1. The lowest BCUT2D eigenvalue weighted by atomic mass is 9.84. The number of amides is 1. The van der Waals surface area contributed by atoms with Gasteiger partial charge < -0.3 is 9.88 Å². The molecule has 0 radical (unpaired) electrons. The van der Waals surface area contributed by atoms with Crippen LogP contribution in [-0.4, -0.2) is 45.3 Å². The molecule has 4 aliphatic rings. The fraction of sp³-hybridized carbons (Fsp3) is 0.783. The summed E-state index contributed by atoms with van der Waals surface area (Å²) >= 11 is 0. The molecule has 5 rings (SSSR count). The first-order chi connectivity index (χ1) is 14.2. The van der Waals surface area contributed by atoms with E-state index in [1.54, 1.807) is 0 Å². The number of likely N-dealkylation sites (tertiary alicyclic amines) is 1. The highest BCUT2D eigenvalue weighted by atomic mass is 16.2. The predicted octanol–water partition coefficient (Wildman–Crippen LogP) is 3.17. The van der Waals surface area contributed by atoms with Gasteiger partial charge in [-0.05, 0) is 44.4 Å². The standard InChI is InChI=1S/C23H34N4O2/c28-22-18-15-26(14-16-6-2-1-3-7-16)13-11-19(18)24-21(25-22)20-10-5-12-27(20)23(29)17-8-4-9-17/h16-17,20H,1-15H2,(H,24,25,28)/t20-/m0/s1. The highest BCUT2D eigenvalue weighted by Gasteiger charge is 2.38. The van der Waals surface area contributed by atoms with Crippen molar-refractivity contribution in [2.75, 3.05) is 19.6 Å². The topological polar surface area (TPSA) is 69.3 Å². The predicted molar refractivity (Wildman–Crippen MR) is 111 cm³/mol. The van der Waals surface area contributed by atoms with E-state index in [9.17, 15) is 9.59 Å². The van der Waals surface area contributed by atoms with Gasteiger partial charge in [0.15, 0.2) is 0 Å². The molecule has 3 fully saturated rings. The summed E-state index contributed by atoms with van der Waals surface area (Å²) in [6.07, 6.45) is 12.7. The van der Waals surface area contributed by atoms with E-state index in [0.29, 0.717) is 0 Å². The van der Waals surface area contributed by atoms with E-state index in [4.69, 9.17) is 4.98 Å². The van der Waals surface area contributed by atoms with E-state index in [1.165, 1.54) is 38.5 Å². The van der Waals surface area contributed by atoms with Gasteiger partial charge in [0.1, 0.15) is 5.82 Å². The lowest BCUT2D eigenvalue weighted by molar-refractivity contribution is -0.139. The summed E-state index contributed by atoms with van der Waals surface area (Å²) in [6, 6.07) is -0.0404. The Morgan fingerprint density at radius 3 is 2.59 bits per heavy atom. The zero-order valence-corrected chi connectivity index (χ0v) is 17.5. The first kappa shape index (κ1) is 19.3. The van der Waals surface area contributed by atoms with E-state index in [-0.39, 0.29) is 23.4 Å². The SMILES string of the molecule is O=C(C1CCC1)N1CCC[C@H]1c1nc2c(c(=O)[nH]1)CN(CC1CCCCC1)CC2. The number of nitrogens with zero attached hydrogens (tertiary/aromatic N) is 3. The summed E-state index contributed by atoms with van der Waals surface area (Å²) < 4.78 is 0. The van der Waals surface area contributed by atoms with Crippen LogP contribution >= 0.6 is 0 Å². The normalized spacial score (nSPS) is 26.3. The number of hydrogen-bond donors (Lipinski definition) is 1. The molecule has 6 heteroatoms. The van der Waals surface area contributed by atoms with Crippen LogP contribution in [0, 0.1) is 11.8 Å². The molecule has 2 saturated carbocycles. The van der Waals surface area contributed by atoms with E-state index >= 15 is 0 Å². The van der Waals surface area contributed by atoms with Gasteiger partial charge in [0.2, 0.25) is 5.91 Å². The van der Waals surface area contributed by atoms with E-state index < -0.39 is 0 Å². The van der Waals surface area contributed by atoms with Crippen molar-refractivity contribution >= 4 is 5.91 Å². The van der Waals surface area contributed by atoms with Crippen LogP contribution in [0.25, 0.3) is 0 Å². The average Bonchev–Trinajstić information content (AvgIpc) is 3.18. The highest BCUT2D eigenvalue weighted by molar-refractivity contribution is 5.80. The van der Waals surface area contributed by atoms with Crippen LogP contribution in [0.15, 0.2) is 4.79 Å². The van der Waals surface area contributed by atoms with Crippen molar-refractivity contribution in [3.8, 4) is 0 Å². The Hall–Kier alpha value is -1.69. The molecule has 0 aromatic carbocycles.